The fourth-order valence-corrected chi connectivity index (χ4v) is 5.13. The average molecular weight is 484 g/mol. The molecule has 180 valence electrons. The first-order valence-corrected chi connectivity index (χ1v) is 11.8. The second kappa shape index (κ2) is 11.1. The molecular formula is C25H29N3O5S. The number of benzene rings is 1. The summed E-state index contributed by atoms with van der Waals surface area (Å²) in [7, 11) is 1.60. The number of aromatic nitrogens is 1. The Kier molecular flexibility index (Phi) is 8.22. The average Bonchev–Trinajstić information content (AvgIpc) is 3.47. The highest BCUT2D eigenvalue weighted by Crippen LogP contribution is 2.42. The second-order valence-electron chi connectivity index (χ2n) is 8.24. The number of Topliss-reactive ketones (excluding diaryl/α,β-unsaturated/α-hetero) is 1. The van der Waals surface area contributed by atoms with Gasteiger partial charge in [0, 0.05) is 18.4 Å². The largest absolute Gasteiger partial charge is 0.496 e. The molecule has 2 unspecified atom stereocenters. The Morgan fingerprint density at radius 2 is 2.00 bits per heavy atom. The molecule has 0 saturated carbocycles. The zero-order valence-corrected chi connectivity index (χ0v) is 20.6. The van der Waals surface area contributed by atoms with Gasteiger partial charge in [-0.2, -0.15) is 0 Å². The molecule has 0 bridgehead atoms. The van der Waals surface area contributed by atoms with E-state index in [-0.39, 0.29) is 5.78 Å². The number of ether oxygens (including phenoxy) is 1. The molecule has 0 aliphatic rings. The number of thiophene rings is 1. The first-order chi connectivity index (χ1) is 16.3. The molecule has 1 aromatic carbocycles. The van der Waals surface area contributed by atoms with E-state index in [0.717, 1.165) is 17.7 Å². The minimum Gasteiger partial charge on any atom is -0.496 e. The molecule has 2 heterocycles. The maximum atomic E-state index is 13.6. The minimum atomic E-state index is -0.463. The molecule has 0 fully saturated rings. The van der Waals surface area contributed by atoms with E-state index >= 15 is 0 Å². The molecule has 2 amide bonds. The molecule has 2 aromatic heterocycles. The van der Waals surface area contributed by atoms with Crippen molar-refractivity contribution in [3.05, 3.63) is 53.4 Å². The van der Waals surface area contributed by atoms with Gasteiger partial charge in [-0.3, -0.25) is 14.4 Å². The normalized spacial score (nSPS) is 12.7. The van der Waals surface area contributed by atoms with Crippen molar-refractivity contribution in [2.75, 3.05) is 18.6 Å². The van der Waals surface area contributed by atoms with Crippen LogP contribution >= 0.6 is 11.3 Å². The maximum Gasteiger partial charge on any atom is 0.236 e. The van der Waals surface area contributed by atoms with E-state index in [4.69, 9.17) is 14.9 Å². The van der Waals surface area contributed by atoms with Gasteiger partial charge in [-0.05, 0) is 37.0 Å². The quantitative estimate of drug-likeness (QED) is 0.304. The van der Waals surface area contributed by atoms with Crippen LogP contribution in [0, 0.1) is 18.8 Å². The van der Waals surface area contributed by atoms with Gasteiger partial charge in [-0.25, -0.2) is 4.98 Å². The van der Waals surface area contributed by atoms with Gasteiger partial charge in [0.25, 0.3) is 0 Å². The Balaban J connectivity index is 1.98. The van der Waals surface area contributed by atoms with E-state index in [1.165, 1.54) is 28.7 Å². The Morgan fingerprint density at radius 1 is 1.26 bits per heavy atom. The molecule has 0 aliphatic carbocycles. The second-order valence-corrected chi connectivity index (χ2v) is 9.24. The molecule has 9 heteroatoms. The lowest BCUT2D eigenvalue weighted by molar-refractivity contribution is -0.121. The van der Waals surface area contributed by atoms with E-state index in [1.807, 2.05) is 31.2 Å². The van der Waals surface area contributed by atoms with Gasteiger partial charge in [0.1, 0.15) is 17.0 Å². The summed E-state index contributed by atoms with van der Waals surface area (Å²) in [6, 6.07) is 7.61. The van der Waals surface area contributed by atoms with Crippen molar-refractivity contribution in [3.8, 4) is 16.5 Å². The zero-order valence-electron chi connectivity index (χ0n) is 19.7. The maximum absolute atomic E-state index is 13.6. The smallest absolute Gasteiger partial charge is 0.236 e. The van der Waals surface area contributed by atoms with Gasteiger partial charge in [0.2, 0.25) is 18.2 Å². The molecule has 0 spiro atoms. The third kappa shape index (κ3) is 5.36. The third-order valence-corrected chi connectivity index (χ3v) is 7.16. The molecule has 0 radical (unpaired) electrons. The lowest BCUT2D eigenvalue weighted by atomic mass is 9.89. The highest BCUT2D eigenvalue weighted by molar-refractivity contribution is 7.20. The number of para-hydroxylation sites is 1. The summed E-state index contributed by atoms with van der Waals surface area (Å²) in [6.07, 6.45) is 4.58. The number of hydrogen-bond acceptors (Lipinski definition) is 7. The minimum absolute atomic E-state index is 0.154. The van der Waals surface area contributed by atoms with Crippen molar-refractivity contribution in [2.24, 2.45) is 17.6 Å². The Bertz CT molecular complexity index is 1160. The Hall–Kier alpha value is -3.46. The lowest BCUT2D eigenvalue weighted by Crippen LogP contribution is -2.27. The fraction of sp³-hybridized carbons (Fsp3) is 0.360. The van der Waals surface area contributed by atoms with E-state index in [0.29, 0.717) is 46.3 Å². The topological polar surface area (TPSA) is 116 Å². The SMILES string of the molecule is COc1ccccc1CCN(C=O)c1sc(-c2ncco2)c(C)c1C(=O)C(C)CC(C)C(N)=O. The number of carbonyl (C=O) groups excluding carboxylic acids is 3. The van der Waals surface area contributed by atoms with Gasteiger partial charge in [-0.1, -0.05) is 32.0 Å². The number of hydrogen-bond donors (Lipinski definition) is 1. The number of carbonyl (C=O) groups is 3. The number of amides is 2. The van der Waals surface area contributed by atoms with Crippen molar-refractivity contribution in [2.45, 2.75) is 33.6 Å². The van der Waals surface area contributed by atoms with Gasteiger partial charge >= 0.3 is 0 Å². The molecule has 0 aliphatic heterocycles. The molecule has 34 heavy (non-hydrogen) atoms. The highest BCUT2D eigenvalue weighted by atomic mass is 32.1. The first-order valence-electron chi connectivity index (χ1n) is 11.0. The predicted molar refractivity (Wildman–Crippen MR) is 131 cm³/mol. The molecule has 2 N–H and O–H groups in total. The van der Waals surface area contributed by atoms with Crippen LogP contribution < -0.4 is 15.4 Å². The van der Waals surface area contributed by atoms with Crippen molar-refractivity contribution < 1.29 is 23.5 Å². The Morgan fingerprint density at radius 3 is 2.62 bits per heavy atom. The van der Waals surface area contributed by atoms with E-state index in [2.05, 4.69) is 4.98 Å². The van der Waals surface area contributed by atoms with Gasteiger partial charge in [-0.15, -0.1) is 11.3 Å². The number of primary amides is 1. The molecule has 3 rings (SSSR count). The van der Waals surface area contributed by atoms with E-state index in [1.54, 1.807) is 21.0 Å². The number of anilines is 1. The number of nitrogens with two attached hydrogens (primary N) is 1. The summed E-state index contributed by atoms with van der Waals surface area (Å²) in [5.41, 5.74) is 7.49. The molecular weight excluding hydrogens is 454 g/mol. The standard InChI is InChI=1S/C25H29N3O5S/c1-15(13-16(2)23(26)31)21(30)20-17(3)22(24-27-10-12-33-24)34-25(20)28(14-29)11-9-18-7-5-6-8-19(18)32-4/h5-8,10,12,14-16H,9,11,13H2,1-4H3,(H2,26,31). The van der Waals surface area contributed by atoms with Crippen LogP contribution in [0.4, 0.5) is 5.00 Å². The van der Waals surface area contributed by atoms with Gasteiger partial charge < -0.3 is 19.8 Å². The van der Waals surface area contributed by atoms with E-state index in [9.17, 15) is 14.4 Å². The molecule has 0 saturated heterocycles. The highest BCUT2D eigenvalue weighted by Gasteiger charge is 2.30. The van der Waals surface area contributed by atoms with Crippen LogP contribution in [-0.2, 0) is 16.0 Å². The summed E-state index contributed by atoms with van der Waals surface area (Å²) in [4.78, 5) is 43.7. The number of oxazole rings is 1. The van der Waals surface area contributed by atoms with Crippen LogP contribution in [0.2, 0.25) is 0 Å². The van der Waals surface area contributed by atoms with Crippen LogP contribution in [0.3, 0.4) is 0 Å². The van der Waals surface area contributed by atoms with E-state index < -0.39 is 17.7 Å². The molecule has 3 aromatic rings. The molecule has 2 atom stereocenters. The van der Waals surface area contributed by atoms with Crippen LogP contribution in [0.15, 0.2) is 41.1 Å². The molecule has 8 nitrogen and oxygen atoms in total. The fourth-order valence-electron chi connectivity index (χ4n) is 3.88. The van der Waals surface area contributed by atoms with Crippen molar-refractivity contribution in [1.82, 2.24) is 4.98 Å². The van der Waals surface area contributed by atoms with Crippen molar-refractivity contribution in [3.63, 3.8) is 0 Å². The predicted octanol–water partition coefficient (Wildman–Crippen LogP) is 4.26. The van der Waals surface area contributed by atoms with Crippen LogP contribution in [0.25, 0.3) is 10.8 Å². The number of methoxy groups -OCH3 is 1. The summed E-state index contributed by atoms with van der Waals surface area (Å²) >= 11 is 1.29. The van der Waals surface area contributed by atoms with Crippen molar-refractivity contribution in [1.29, 1.82) is 0 Å². The number of nitrogens with zero attached hydrogens (tertiary/aromatic N) is 2. The Labute approximate surface area is 202 Å². The first kappa shape index (κ1) is 25.2. The van der Waals surface area contributed by atoms with Crippen molar-refractivity contribution >= 4 is 34.4 Å². The number of ketones is 1. The zero-order chi connectivity index (χ0) is 24.8. The summed E-state index contributed by atoms with van der Waals surface area (Å²) in [5, 5.41) is 0.527. The summed E-state index contributed by atoms with van der Waals surface area (Å²) < 4.78 is 10.9. The van der Waals surface area contributed by atoms with Crippen LogP contribution in [0.1, 0.15) is 41.8 Å². The summed E-state index contributed by atoms with van der Waals surface area (Å²) in [5.74, 6) is -0.388. The lowest BCUT2D eigenvalue weighted by Gasteiger charge is -2.20. The number of rotatable bonds is 12. The van der Waals surface area contributed by atoms with Gasteiger partial charge in [0.05, 0.1) is 23.7 Å². The van der Waals surface area contributed by atoms with Gasteiger partial charge in [0.15, 0.2) is 5.78 Å². The monoisotopic (exact) mass is 483 g/mol. The van der Waals surface area contributed by atoms with Crippen LogP contribution in [0.5, 0.6) is 5.75 Å². The third-order valence-electron chi connectivity index (χ3n) is 5.84. The summed E-state index contributed by atoms with van der Waals surface area (Å²) in [6.45, 7) is 5.64. The van der Waals surface area contributed by atoms with Crippen LogP contribution in [-0.4, -0.2) is 36.7 Å².